The molecule has 2 atom stereocenters. The van der Waals surface area contributed by atoms with E-state index in [1.54, 1.807) is 12.4 Å². The van der Waals surface area contributed by atoms with Gasteiger partial charge in [-0.05, 0) is 37.0 Å². The molecule has 0 aliphatic rings. The Morgan fingerprint density at radius 3 is 2.47 bits per heavy atom. The highest BCUT2D eigenvalue weighted by Gasteiger charge is 2.24. The Bertz CT molecular complexity index is 303. The van der Waals surface area contributed by atoms with E-state index in [2.05, 4.69) is 24.3 Å². The summed E-state index contributed by atoms with van der Waals surface area (Å²) in [5, 5.41) is 0. The van der Waals surface area contributed by atoms with Gasteiger partial charge < -0.3 is 4.74 Å². The smallest absolute Gasteiger partial charge is 0.0767 e. The zero-order valence-corrected chi connectivity index (χ0v) is 10.9. The molecule has 4 heteroatoms. The fourth-order valence-corrected chi connectivity index (χ4v) is 2.01. The van der Waals surface area contributed by atoms with Crippen LogP contribution in [0, 0.1) is 5.92 Å². The number of pyridine rings is 1. The highest BCUT2D eigenvalue weighted by Crippen LogP contribution is 2.14. The maximum absolute atomic E-state index is 5.77. The van der Waals surface area contributed by atoms with E-state index in [9.17, 15) is 0 Å². The van der Waals surface area contributed by atoms with Crippen molar-refractivity contribution in [2.45, 2.75) is 39.3 Å². The normalized spacial score (nSPS) is 14.9. The first kappa shape index (κ1) is 14.1. The van der Waals surface area contributed by atoms with Crippen molar-refractivity contribution in [3.8, 4) is 0 Å². The van der Waals surface area contributed by atoms with Crippen LogP contribution in [0.1, 0.15) is 26.3 Å². The summed E-state index contributed by atoms with van der Waals surface area (Å²) in [7, 11) is 0. The second-order valence-corrected chi connectivity index (χ2v) is 4.50. The lowest BCUT2D eigenvalue weighted by atomic mass is 9.94. The van der Waals surface area contributed by atoms with Crippen molar-refractivity contribution in [1.82, 2.24) is 10.4 Å². The first-order valence-electron chi connectivity index (χ1n) is 6.15. The topological polar surface area (TPSA) is 60.2 Å². The van der Waals surface area contributed by atoms with Crippen molar-refractivity contribution in [3.05, 3.63) is 30.1 Å². The van der Waals surface area contributed by atoms with Crippen LogP contribution in [0.25, 0.3) is 0 Å². The molecule has 0 aliphatic carbocycles. The lowest BCUT2D eigenvalue weighted by Crippen LogP contribution is -2.48. The van der Waals surface area contributed by atoms with Gasteiger partial charge in [-0.25, -0.2) is 0 Å². The summed E-state index contributed by atoms with van der Waals surface area (Å²) in [6.07, 6.45) is 4.57. The Labute approximate surface area is 104 Å². The SMILES string of the molecule is CCOC(C(C)C)C(Cc1ccncc1)NN. The minimum absolute atomic E-state index is 0.123. The zero-order chi connectivity index (χ0) is 12.7. The van der Waals surface area contributed by atoms with Crippen LogP contribution < -0.4 is 11.3 Å². The molecule has 0 aromatic carbocycles. The number of ether oxygens (including phenoxy) is 1. The van der Waals surface area contributed by atoms with E-state index in [1.807, 2.05) is 19.1 Å². The number of hydrazine groups is 1. The number of hydrogen-bond acceptors (Lipinski definition) is 4. The molecule has 0 fully saturated rings. The molecule has 1 heterocycles. The van der Waals surface area contributed by atoms with Crippen LogP contribution >= 0.6 is 0 Å². The van der Waals surface area contributed by atoms with Crippen LogP contribution in [-0.4, -0.2) is 23.7 Å². The summed E-state index contributed by atoms with van der Waals surface area (Å²) < 4.78 is 5.77. The molecular formula is C13H23N3O. The minimum Gasteiger partial charge on any atom is -0.377 e. The largest absolute Gasteiger partial charge is 0.377 e. The fraction of sp³-hybridized carbons (Fsp3) is 0.615. The van der Waals surface area contributed by atoms with Gasteiger partial charge in [0.15, 0.2) is 0 Å². The van der Waals surface area contributed by atoms with Crippen molar-refractivity contribution in [2.75, 3.05) is 6.61 Å². The number of rotatable bonds is 7. The Morgan fingerprint density at radius 1 is 1.35 bits per heavy atom. The van der Waals surface area contributed by atoms with Crippen LogP contribution in [0.4, 0.5) is 0 Å². The number of nitrogens with zero attached hydrogens (tertiary/aromatic N) is 1. The Kier molecular flexibility index (Phi) is 6.11. The first-order valence-corrected chi connectivity index (χ1v) is 6.15. The molecule has 0 spiro atoms. The van der Waals surface area contributed by atoms with Crippen LogP contribution in [0.15, 0.2) is 24.5 Å². The summed E-state index contributed by atoms with van der Waals surface area (Å²) in [5.74, 6) is 6.07. The standard InChI is InChI=1S/C13H23N3O/c1-4-17-13(10(2)3)12(16-14)9-11-5-7-15-8-6-11/h5-8,10,12-13,16H,4,9,14H2,1-3H3. The van der Waals surface area contributed by atoms with E-state index in [1.165, 1.54) is 5.56 Å². The van der Waals surface area contributed by atoms with Crippen molar-refractivity contribution < 1.29 is 4.74 Å². The van der Waals surface area contributed by atoms with Gasteiger partial charge in [0.05, 0.1) is 12.1 Å². The highest BCUT2D eigenvalue weighted by molar-refractivity contribution is 5.12. The number of nitrogens with one attached hydrogen (secondary N) is 1. The molecule has 0 radical (unpaired) electrons. The number of aromatic nitrogens is 1. The predicted molar refractivity (Wildman–Crippen MR) is 69.3 cm³/mol. The molecule has 1 aromatic heterocycles. The summed E-state index contributed by atoms with van der Waals surface area (Å²) in [4.78, 5) is 4.01. The molecule has 96 valence electrons. The third-order valence-corrected chi connectivity index (χ3v) is 2.83. The Balaban J connectivity index is 2.69. The predicted octanol–water partition coefficient (Wildman–Crippen LogP) is 1.52. The van der Waals surface area contributed by atoms with E-state index in [4.69, 9.17) is 10.6 Å². The van der Waals surface area contributed by atoms with Gasteiger partial charge in [0, 0.05) is 19.0 Å². The molecule has 1 aromatic rings. The van der Waals surface area contributed by atoms with E-state index in [0.717, 1.165) is 6.42 Å². The molecular weight excluding hydrogens is 214 g/mol. The molecule has 17 heavy (non-hydrogen) atoms. The van der Waals surface area contributed by atoms with Gasteiger partial charge in [0.1, 0.15) is 0 Å². The Hall–Kier alpha value is -0.970. The van der Waals surface area contributed by atoms with Gasteiger partial charge in [-0.2, -0.15) is 0 Å². The molecule has 0 amide bonds. The molecule has 0 saturated heterocycles. The van der Waals surface area contributed by atoms with Crippen molar-refractivity contribution in [2.24, 2.45) is 11.8 Å². The van der Waals surface area contributed by atoms with E-state index in [-0.39, 0.29) is 12.1 Å². The minimum atomic E-state index is 0.123. The fourth-order valence-electron chi connectivity index (χ4n) is 2.01. The van der Waals surface area contributed by atoms with Gasteiger partial charge in [-0.1, -0.05) is 13.8 Å². The number of nitrogens with two attached hydrogens (primary N) is 1. The molecule has 4 nitrogen and oxygen atoms in total. The van der Waals surface area contributed by atoms with Gasteiger partial charge in [0.2, 0.25) is 0 Å². The molecule has 0 bridgehead atoms. The molecule has 2 unspecified atom stereocenters. The zero-order valence-electron chi connectivity index (χ0n) is 10.9. The highest BCUT2D eigenvalue weighted by atomic mass is 16.5. The monoisotopic (exact) mass is 237 g/mol. The van der Waals surface area contributed by atoms with Crippen LogP contribution in [0.2, 0.25) is 0 Å². The van der Waals surface area contributed by atoms with Gasteiger partial charge in [-0.15, -0.1) is 0 Å². The average molecular weight is 237 g/mol. The quantitative estimate of drug-likeness (QED) is 0.557. The third kappa shape index (κ3) is 4.42. The average Bonchev–Trinajstić information content (AvgIpc) is 2.34. The van der Waals surface area contributed by atoms with Crippen molar-refractivity contribution >= 4 is 0 Å². The van der Waals surface area contributed by atoms with E-state index < -0.39 is 0 Å². The first-order chi connectivity index (χ1) is 8.19. The van der Waals surface area contributed by atoms with Crippen molar-refractivity contribution in [1.29, 1.82) is 0 Å². The summed E-state index contributed by atoms with van der Waals surface area (Å²) >= 11 is 0. The second-order valence-electron chi connectivity index (χ2n) is 4.50. The maximum atomic E-state index is 5.77. The van der Waals surface area contributed by atoms with Crippen LogP contribution in [-0.2, 0) is 11.2 Å². The van der Waals surface area contributed by atoms with E-state index >= 15 is 0 Å². The van der Waals surface area contributed by atoms with E-state index in [0.29, 0.717) is 12.5 Å². The summed E-state index contributed by atoms with van der Waals surface area (Å²) in [5.41, 5.74) is 4.09. The van der Waals surface area contributed by atoms with Gasteiger partial charge >= 0.3 is 0 Å². The van der Waals surface area contributed by atoms with Crippen molar-refractivity contribution in [3.63, 3.8) is 0 Å². The van der Waals surface area contributed by atoms with Gasteiger partial charge in [0.25, 0.3) is 0 Å². The van der Waals surface area contributed by atoms with Crippen LogP contribution in [0.5, 0.6) is 0 Å². The summed E-state index contributed by atoms with van der Waals surface area (Å²) in [6.45, 7) is 7.02. The third-order valence-electron chi connectivity index (χ3n) is 2.83. The number of hydrogen-bond donors (Lipinski definition) is 2. The molecule has 3 N–H and O–H groups in total. The molecule has 0 saturated carbocycles. The van der Waals surface area contributed by atoms with Gasteiger partial charge in [-0.3, -0.25) is 16.3 Å². The Morgan fingerprint density at radius 2 is 2.00 bits per heavy atom. The van der Waals surface area contributed by atoms with Crippen LogP contribution in [0.3, 0.4) is 0 Å². The lowest BCUT2D eigenvalue weighted by Gasteiger charge is -2.29. The summed E-state index contributed by atoms with van der Waals surface area (Å²) in [6, 6.07) is 4.14. The maximum Gasteiger partial charge on any atom is 0.0767 e. The second kappa shape index (κ2) is 7.37. The lowest BCUT2D eigenvalue weighted by molar-refractivity contribution is 0.00355. The molecule has 0 aliphatic heterocycles. The molecule has 1 rings (SSSR count).